The number of ether oxygens (including phenoxy) is 2. The molecule has 15 nitrogen and oxygen atoms in total. The average Bonchev–Trinajstić information content (AvgIpc) is 4.04. The molecule has 58 heavy (non-hydrogen) atoms. The van der Waals surface area contributed by atoms with Gasteiger partial charge in [-0.1, -0.05) is 58.0 Å². The van der Waals surface area contributed by atoms with Crippen LogP contribution in [0.3, 0.4) is 0 Å². The molecule has 3 atom stereocenters. The number of nitrogens with two attached hydrogens (primary N) is 1. The highest BCUT2D eigenvalue weighted by molar-refractivity contribution is 6.11. The number of para-hydroxylation sites is 1. The lowest BCUT2D eigenvalue weighted by atomic mass is 9.72. The van der Waals surface area contributed by atoms with E-state index in [1.165, 1.54) is 7.11 Å². The average molecular weight is 787 g/mol. The minimum absolute atomic E-state index is 0.0306. The molecule has 7 N–H and O–H groups in total. The lowest BCUT2D eigenvalue weighted by Crippen LogP contribution is -2.42. The number of carbonyl (C=O) groups is 3. The number of esters is 1. The first-order chi connectivity index (χ1) is 27.8. The Morgan fingerprint density at radius 1 is 1.03 bits per heavy atom. The number of oxazole rings is 2. The number of nitrogens with zero attached hydrogens (tertiary/aromatic N) is 2. The number of H-pyrrole nitrogens is 1. The number of nitrogens with one attached hydrogen (secondary N) is 3. The zero-order valence-corrected chi connectivity index (χ0v) is 32.5. The van der Waals surface area contributed by atoms with Gasteiger partial charge in [0.05, 0.1) is 7.11 Å². The number of phenolic OH excluding ortho intramolecular Hbond substituents is 1. The molecule has 7 heterocycles. The van der Waals surface area contributed by atoms with Crippen LogP contribution in [0.4, 0.5) is 5.69 Å². The van der Waals surface area contributed by atoms with E-state index < -0.39 is 35.2 Å². The number of aromatic amines is 1. The van der Waals surface area contributed by atoms with Gasteiger partial charge in [0.15, 0.2) is 29.1 Å². The van der Waals surface area contributed by atoms with E-state index in [-0.39, 0.29) is 52.9 Å². The van der Waals surface area contributed by atoms with E-state index in [4.69, 9.17) is 34.0 Å². The standard InChI is InChI=1S/C37H29N5O7.C6H13NO2/c1-15(2)27-33-41-30-32(49-33)37-19-6-4-5-17(28(19)42-36(37)47-23-11-7-16(13-20(23)37)8-12-24(44)39-27)26-22(43)10-9-21-25(26)18(14-38-21)31-29(35(45)46-3)40-34(30)48-31;1-3-6(9,4-2)5(7)8/h4-7,9-11,13-15,27,36,38,42-43H,8,12H2,1-3H3,(H,39,44);9H,3-4H2,1-2H3,(H2,7,8)/t27?,36?,37-;/m0./s1. The molecule has 0 saturated carbocycles. The van der Waals surface area contributed by atoms with Gasteiger partial charge >= 0.3 is 5.97 Å². The number of rotatable bonds is 5. The predicted molar refractivity (Wildman–Crippen MR) is 211 cm³/mol. The number of hydrogen-bond acceptors (Lipinski definition) is 12. The molecule has 2 amide bonds. The molecule has 6 aromatic rings. The highest BCUT2D eigenvalue weighted by Gasteiger charge is 2.62. The first-order valence-electron chi connectivity index (χ1n) is 19.3. The normalized spacial score (nSPS) is 19.5. The summed E-state index contributed by atoms with van der Waals surface area (Å²) in [4.78, 5) is 50.2. The second kappa shape index (κ2) is 13.2. The number of aliphatic hydroxyl groups is 1. The molecule has 2 unspecified atom stereocenters. The summed E-state index contributed by atoms with van der Waals surface area (Å²) in [7, 11) is 1.28. The van der Waals surface area contributed by atoms with Crippen LogP contribution in [0.2, 0.25) is 0 Å². The molecule has 0 radical (unpaired) electrons. The van der Waals surface area contributed by atoms with Crippen molar-refractivity contribution in [2.75, 3.05) is 12.4 Å². The fourth-order valence-corrected chi connectivity index (χ4v) is 8.67. The Labute approximate surface area is 332 Å². The molecule has 0 aliphatic carbocycles. The third-order valence-corrected chi connectivity index (χ3v) is 11.9. The lowest BCUT2D eigenvalue weighted by Gasteiger charge is -2.28. The van der Waals surface area contributed by atoms with Crippen LogP contribution in [0.1, 0.15) is 91.8 Å². The van der Waals surface area contributed by atoms with Crippen LogP contribution in [0.5, 0.6) is 11.5 Å². The number of aromatic nitrogens is 3. The van der Waals surface area contributed by atoms with Gasteiger partial charge in [-0.05, 0) is 48.9 Å². The van der Waals surface area contributed by atoms with Crippen LogP contribution in [-0.4, -0.2) is 61.9 Å². The topological polar surface area (TPSA) is 228 Å². The van der Waals surface area contributed by atoms with E-state index in [0.717, 1.165) is 22.4 Å². The summed E-state index contributed by atoms with van der Waals surface area (Å²) in [5.41, 5.74) is 8.54. The summed E-state index contributed by atoms with van der Waals surface area (Å²) in [6.07, 6.45) is 2.58. The monoisotopic (exact) mass is 786 g/mol. The molecular weight excluding hydrogens is 745 g/mol. The molecular formula is C43H42N6O9. The third-order valence-electron chi connectivity index (χ3n) is 11.9. The first kappa shape index (κ1) is 37.0. The van der Waals surface area contributed by atoms with E-state index in [1.807, 2.05) is 44.2 Å². The molecule has 0 fully saturated rings. The molecule has 3 aromatic heterocycles. The van der Waals surface area contributed by atoms with Crippen molar-refractivity contribution in [1.82, 2.24) is 20.3 Å². The summed E-state index contributed by atoms with van der Waals surface area (Å²) in [6.45, 7) is 7.44. The van der Waals surface area contributed by atoms with Gasteiger partial charge in [-0.15, -0.1) is 0 Å². The van der Waals surface area contributed by atoms with Crippen LogP contribution < -0.4 is 21.1 Å². The van der Waals surface area contributed by atoms with Gasteiger partial charge in [0.25, 0.3) is 0 Å². The molecule has 10 bridgehead atoms. The molecule has 0 saturated heterocycles. The zero-order valence-electron chi connectivity index (χ0n) is 32.5. The molecule has 1 spiro atoms. The number of aryl methyl sites for hydroxylation is 1. The lowest BCUT2D eigenvalue weighted by molar-refractivity contribution is -0.136. The van der Waals surface area contributed by atoms with Gasteiger partial charge in [0, 0.05) is 57.0 Å². The number of fused-ring (bicyclic) bond motifs is 7. The summed E-state index contributed by atoms with van der Waals surface area (Å²) in [6, 6.07) is 14.7. The number of anilines is 1. The second-order valence-electron chi connectivity index (χ2n) is 15.4. The van der Waals surface area contributed by atoms with E-state index in [1.54, 1.807) is 32.2 Å². The van der Waals surface area contributed by atoms with Gasteiger partial charge in [-0.25, -0.2) is 9.78 Å². The summed E-state index contributed by atoms with van der Waals surface area (Å²) < 4.78 is 25.4. The Morgan fingerprint density at radius 2 is 1.83 bits per heavy atom. The minimum atomic E-state index is -1.28. The van der Waals surface area contributed by atoms with Crippen molar-refractivity contribution in [2.45, 2.75) is 76.7 Å². The third kappa shape index (κ3) is 5.18. The van der Waals surface area contributed by atoms with Crippen LogP contribution >= 0.6 is 0 Å². The number of phenols is 1. The van der Waals surface area contributed by atoms with Gasteiger partial charge in [0.1, 0.15) is 28.6 Å². The summed E-state index contributed by atoms with van der Waals surface area (Å²) in [5.74, 6) is -0.0449. The van der Waals surface area contributed by atoms with Crippen LogP contribution in [-0.2, 0) is 26.2 Å². The maximum absolute atomic E-state index is 13.4. The summed E-state index contributed by atoms with van der Waals surface area (Å²) in [5, 5.41) is 28.3. The molecule has 4 aliphatic heterocycles. The second-order valence-corrected chi connectivity index (χ2v) is 15.4. The van der Waals surface area contributed by atoms with Gasteiger partial charge in [0.2, 0.25) is 23.6 Å². The van der Waals surface area contributed by atoms with Gasteiger partial charge < -0.3 is 49.9 Å². The van der Waals surface area contributed by atoms with Crippen molar-refractivity contribution >= 4 is 34.4 Å². The van der Waals surface area contributed by atoms with Crippen molar-refractivity contribution in [3.8, 4) is 45.5 Å². The number of hydrogen-bond donors (Lipinski definition) is 6. The fourth-order valence-electron chi connectivity index (χ4n) is 8.67. The van der Waals surface area contributed by atoms with E-state index in [9.17, 15) is 24.6 Å². The Kier molecular flexibility index (Phi) is 8.44. The van der Waals surface area contributed by atoms with Crippen LogP contribution in [0.15, 0.2) is 63.6 Å². The van der Waals surface area contributed by atoms with Crippen LogP contribution in [0.25, 0.3) is 44.9 Å². The smallest absolute Gasteiger partial charge is 0.360 e. The van der Waals surface area contributed by atoms with E-state index in [2.05, 4.69) is 21.7 Å². The number of amides is 2. The molecule has 298 valence electrons. The molecule has 3 aromatic carbocycles. The van der Waals surface area contributed by atoms with Crippen molar-refractivity contribution in [1.29, 1.82) is 0 Å². The van der Waals surface area contributed by atoms with Gasteiger partial charge in [-0.2, -0.15) is 4.98 Å². The minimum Gasteiger partial charge on any atom is -0.507 e. The van der Waals surface area contributed by atoms with Crippen LogP contribution in [0, 0.1) is 5.92 Å². The van der Waals surface area contributed by atoms with E-state index in [0.29, 0.717) is 58.4 Å². The Bertz CT molecular complexity index is 2690. The maximum atomic E-state index is 13.4. The molecule has 10 rings (SSSR count). The van der Waals surface area contributed by atoms with E-state index >= 15 is 0 Å². The first-order valence-corrected chi connectivity index (χ1v) is 19.3. The number of aromatic hydroxyl groups is 1. The molecule has 4 aliphatic rings. The van der Waals surface area contributed by atoms with Crippen molar-refractivity contribution < 1.29 is 42.9 Å². The molecule has 15 heteroatoms. The fraction of sp³-hybridized carbons (Fsp3) is 0.326. The maximum Gasteiger partial charge on any atom is 0.360 e. The largest absolute Gasteiger partial charge is 0.507 e. The van der Waals surface area contributed by atoms with Crippen molar-refractivity contribution in [3.63, 3.8) is 0 Å². The van der Waals surface area contributed by atoms with Gasteiger partial charge in [-0.3, -0.25) is 9.59 Å². The Morgan fingerprint density at radius 3 is 2.53 bits per heavy atom. The zero-order chi connectivity index (χ0) is 40.8. The highest BCUT2D eigenvalue weighted by atomic mass is 16.5. The van der Waals surface area contributed by atoms with Crippen molar-refractivity contribution in [2.24, 2.45) is 11.7 Å². The quantitative estimate of drug-likeness (QED) is 0.107. The number of carbonyl (C=O) groups excluding carboxylic acids is 3. The number of primary amides is 1. The summed E-state index contributed by atoms with van der Waals surface area (Å²) >= 11 is 0. The van der Waals surface area contributed by atoms with Crippen molar-refractivity contribution in [3.05, 3.63) is 88.8 Å². The Balaban J connectivity index is 0.000000436. The number of benzene rings is 3. The number of methoxy groups -OCH3 is 1. The predicted octanol–water partition coefficient (Wildman–Crippen LogP) is 6.21. The SMILES string of the molecule is CCC(O)(CC)C(N)=O.COC(=O)c1nc2oc1-c1c[nH]c3ccc(O)c(c13)-c1cccc3c1NC1Oc4ccc5cc4[C@]31c1oc(nc1-2)C(C(C)C)NC(=O)CC5. The Hall–Kier alpha value is -6.61. The highest BCUT2D eigenvalue weighted by Crippen LogP contribution is 2.62.